The van der Waals surface area contributed by atoms with Crippen LogP contribution in [-0.4, -0.2) is 5.91 Å². The zero-order chi connectivity index (χ0) is 12.1. The fraction of sp³-hybridized carbons (Fsp3) is 0.0769. The second kappa shape index (κ2) is 5.46. The van der Waals surface area contributed by atoms with Crippen LogP contribution in [0.3, 0.4) is 0 Å². The fourth-order valence-electron chi connectivity index (χ4n) is 1.45. The molecule has 2 aromatic rings. The molecule has 17 heavy (non-hydrogen) atoms. The zero-order valence-corrected chi connectivity index (χ0v) is 9.87. The van der Waals surface area contributed by atoms with Gasteiger partial charge in [0.05, 0.1) is 0 Å². The Morgan fingerprint density at radius 1 is 1.24 bits per heavy atom. The average Bonchev–Trinajstić information content (AvgIpc) is 2.37. The molecule has 4 heteroatoms. The van der Waals surface area contributed by atoms with Crippen LogP contribution in [0.5, 0.6) is 0 Å². The van der Waals surface area contributed by atoms with Crippen molar-refractivity contribution in [1.29, 1.82) is 0 Å². The molecule has 0 radical (unpaired) electrons. The summed E-state index contributed by atoms with van der Waals surface area (Å²) in [6, 6.07) is 12.6. The molecule has 0 aliphatic heterocycles. The molecular formula is C13H12ClN2O+. The fourth-order valence-corrected chi connectivity index (χ4v) is 1.64. The van der Waals surface area contributed by atoms with Crippen molar-refractivity contribution >= 4 is 17.5 Å². The number of carbonyl (C=O) groups excluding carboxylic acids is 1. The number of hydrogen-bond acceptors (Lipinski definition) is 1. The van der Waals surface area contributed by atoms with Gasteiger partial charge < -0.3 is 5.32 Å². The molecule has 0 atom stereocenters. The molecule has 0 saturated heterocycles. The summed E-state index contributed by atoms with van der Waals surface area (Å²) in [7, 11) is 0. The van der Waals surface area contributed by atoms with E-state index in [-0.39, 0.29) is 5.91 Å². The minimum Gasteiger partial charge on any atom is -0.342 e. The molecule has 1 amide bonds. The molecule has 1 heterocycles. The Bertz CT molecular complexity index is 514. The van der Waals surface area contributed by atoms with Crippen LogP contribution in [0.2, 0.25) is 5.02 Å². The van der Waals surface area contributed by atoms with Gasteiger partial charge in [-0.1, -0.05) is 23.7 Å². The number of amides is 1. The van der Waals surface area contributed by atoms with E-state index < -0.39 is 0 Å². The van der Waals surface area contributed by atoms with E-state index in [1.807, 2.05) is 24.4 Å². The van der Waals surface area contributed by atoms with E-state index in [0.717, 1.165) is 5.69 Å². The molecule has 1 aromatic carbocycles. The first-order chi connectivity index (χ1) is 8.25. The Balaban J connectivity index is 1.98. The average molecular weight is 248 g/mol. The van der Waals surface area contributed by atoms with E-state index in [1.54, 1.807) is 24.3 Å². The SMILES string of the molecule is O=C(NCc1cccc[nH+]1)c1cccc(Cl)c1. The van der Waals surface area contributed by atoms with Gasteiger partial charge in [-0.3, -0.25) is 4.79 Å². The molecule has 0 unspecified atom stereocenters. The third kappa shape index (κ3) is 3.29. The van der Waals surface area contributed by atoms with Crippen LogP contribution in [0.4, 0.5) is 0 Å². The van der Waals surface area contributed by atoms with Crippen molar-refractivity contribution < 1.29 is 9.78 Å². The van der Waals surface area contributed by atoms with Crippen molar-refractivity contribution in [3.8, 4) is 0 Å². The Labute approximate surface area is 104 Å². The van der Waals surface area contributed by atoms with Crippen molar-refractivity contribution in [2.24, 2.45) is 0 Å². The highest BCUT2D eigenvalue weighted by Gasteiger charge is 2.07. The van der Waals surface area contributed by atoms with Gasteiger partial charge >= 0.3 is 0 Å². The van der Waals surface area contributed by atoms with Crippen LogP contribution in [0.15, 0.2) is 48.7 Å². The van der Waals surface area contributed by atoms with E-state index in [1.165, 1.54) is 0 Å². The lowest BCUT2D eigenvalue weighted by Gasteiger charge is -2.02. The maximum absolute atomic E-state index is 11.8. The summed E-state index contributed by atoms with van der Waals surface area (Å²) in [5, 5.41) is 3.37. The first kappa shape index (κ1) is 11.6. The third-order valence-corrected chi connectivity index (χ3v) is 2.53. The van der Waals surface area contributed by atoms with Crippen molar-refractivity contribution in [2.45, 2.75) is 6.54 Å². The van der Waals surface area contributed by atoms with Gasteiger partial charge in [0.1, 0.15) is 6.54 Å². The Morgan fingerprint density at radius 3 is 2.82 bits per heavy atom. The van der Waals surface area contributed by atoms with E-state index >= 15 is 0 Å². The van der Waals surface area contributed by atoms with Crippen LogP contribution in [0, 0.1) is 0 Å². The lowest BCUT2D eigenvalue weighted by Crippen LogP contribution is -2.26. The van der Waals surface area contributed by atoms with Crippen LogP contribution in [0.1, 0.15) is 16.1 Å². The molecule has 2 rings (SSSR count). The summed E-state index contributed by atoms with van der Waals surface area (Å²) < 4.78 is 0. The highest BCUT2D eigenvalue weighted by molar-refractivity contribution is 6.30. The normalized spacial score (nSPS) is 9.94. The minimum absolute atomic E-state index is 0.134. The largest absolute Gasteiger partial charge is 0.342 e. The summed E-state index contributed by atoms with van der Waals surface area (Å²) in [4.78, 5) is 14.8. The third-order valence-electron chi connectivity index (χ3n) is 2.30. The predicted molar refractivity (Wildman–Crippen MR) is 65.6 cm³/mol. The summed E-state index contributed by atoms with van der Waals surface area (Å²) >= 11 is 5.82. The van der Waals surface area contributed by atoms with Gasteiger partial charge in [0.2, 0.25) is 0 Å². The smallest absolute Gasteiger partial charge is 0.251 e. The minimum atomic E-state index is -0.134. The van der Waals surface area contributed by atoms with Crippen LogP contribution in [-0.2, 0) is 6.54 Å². The quantitative estimate of drug-likeness (QED) is 0.887. The lowest BCUT2D eigenvalue weighted by atomic mass is 10.2. The number of aromatic amines is 1. The number of benzene rings is 1. The molecule has 0 bridgehead atoms. The molecule has 0 aliphatic rings. The number of halogens is 1. The topological polar surface area (TPSA) is 43.2 Å². The molecule has 0 saturated carbocycles. The standard InChI is InChI=1S/C13H11ClN2O/c14-11-5-3-4-10(8-11)13(17)16-9-12-6-1-2-7-15-12/h1-8H,9H2,(H,16,17)/p+1. The Kier molecular flexibility index (Phi) is 3.73. The maximum Gasteiger partial charge on any atom is 0.251 e. The van der Waals surface area contributed by atoms with Gasteiger partial charge in [0.25, 0.3) is 5.91 Å². The molecular weight excluding hydrogens is 236 g/mol. The van der Waals surface area contributed by atoms with Crippen molar-refractivity contribution in [3.05, 3.63) is 64.9 Å². The number of pyridine rings is 1. The molecule has 2 N–H and O–H groups in total. The van der Waals surface area contributed by atoms with Gasteiger partial charge in [0, 0.05) is 22.7 Å². The van der Waals surface area contributed by atoms with Crippen LogP contribution in [0.25, 0.3) is 0 Å². The summed E-state index contributed by atoms with van der Waals surface area (Å²) in [6.45, 7) is 0.464. The molecule has 1 aromatic heterocycles. The van der Waals surface area contributed by atoms with Gasteiger partial charge in [-0.25, -0.2) is 4.98 Å². The van der Waals surface area contributed by atoms with Crippen LogP contribution < -0.4 is 10.3 Å². The summed E-state index contributed by atoms with van der Waals surface area (Å²) in [5.41, 5.74) is 1.51. The van der Waals surface area contributed by atoms with Crippen LogP contribution >= 0.6 is 11.6 Å². The summed E-state index contributed by atoms with van der Waals surface area (Å²) in [6.07, 6.45) is 1.82. The van der Waals surface area contributed by atoms with E-state index in [4.69, 9.17) is 11.6 Å². The number of H-pyrrole nitrogens is 1. The number of rotatable bonds is 3. The van der Waals surface area contributed by atoms with E-state index in [2.05, 4.69) is 10.3 Å². The second-order valence-corrected chi connectivity index (χ2v) is 4.02. The van der Waals surface area contributed by atoms with Gasteiger partial charge in [-0.05, 0) is 18.2 Å². The van der Waals surface area contributed by atoms with Gasteiger partial charge in [0.15, 0.2) is 11.9 Å². The number of carbonyl (C=O) groups is 1. The van der Waals surface area contributed by atoms with Gasteiger partial charge in [-0.15, -0.1) is 0 Å². The molecule has 0 fully saturated rings. The van der Waals surface area contributed by atoms with Crippen molar-refractivity contribution in [1.82, 2.24) is 5.32 Å². The zero-order valence-electron chi connectivity index (χ0n) is 9.11. The first-order valence-electron chi connectivity index (χ1n) is 5.25. The predicted octanol–water partition coefficient (Wildman–Crippen LogP) is 2.08. The highest BCUT2D eigenvalue weighted by Crippen LogP contribution is 2.10. The molecule has 86 valence electrons. The number of nitrogens with one attached hydrogen (secondary N) is 2. The Hall–Kier alpha value is -1.87. The molecule has 0 aliphatic carbocycles. The van der Waals surface area contributed by atoms with Crippen molar-refractivity contribution in [2.75, 3.05) is 0 Å². The Morgan fingerprint density at radius 2 is 2.12 bits per heavy atom. The molecule has 3 nitrogen and oxygen atoms in total. The van der Waals surface area contributed by atoms with Gasteiger partial charge in [-0.2, -0.15) is 0 Å². The van der Waals surface area contributed by atoms with E-state index in [9.17, 15) is 4.79 Å². The van der Waals surface area contributed by atoms with E-state index in [0.29, 0.717) is 17.1 Å². The monoisotopic (exact) mass is 247 g/mol. The maximum atomic E-state index is 11.8. The lowest BCUT2D eigenvalue weighted by molar-refractivity contribution is -0.390. The number of hydrogen-bond donors (Lipinski definition) is 1. The first-order valence-corrected chi connectivity index (χ1v) is 5.63. The summed E-state index contributed by atoms with van der Waals surface area (Å²) in [5.74, 6) is -0.134. The highest BCUT2D eigenvalue weighted by atomic mass is 35.5. The second-order valence-electron chi connectivity index (χ2n) is 3.58. The van der Waals surface area contributed by atoms with Crippen molar-refractivity contribution in [3.63, 3.8) is 0 Å². The molecule has 0 spiro atoms. The number of aromatic nitrogens is 1.